The van der Waals surface area contributed by atoms with E-state index in [1.807, 2.05) is 55.5 Å². The minimum absolute atomic E-state index is 0.174. The summed E-state index contributed by atoms with van der Waals surface area (Å²) >= 11 is 1.46. The number of carbonyl (C=O) groups is 2. The summed E-state index contributed by atoms with van der Waals surface area (Å²) < 4.78 is 5.40. The third-order valence-corrected chi connectivity index (χ3v) is 7.04. The Morgan fingerprint density at radius 3 is 2.35 bits per heavy atom. The molecule has 0 saturated carbocycles. The smallest absolute Gasteiger partial charge is 0.268 e. The standard InChI is InChI=1S/C25H28N2O3S/c1-18-8-9-21(16-19(18)2)22-23(31-17-20-6-4-3-5-7-20)25(29)27(24(22)28)11-10-26-12-14-30-15-13-26/h3-9,16H,10-15,17H2,1-2H3. The number of rotatable bonds is 7. The second-order valence-corrected chi connectivity index (χ2v) is 8.98. The van der Waals surface area contributed by atoms with Crippen molar-refractivity contribution in [2.24, 2.45) is 0 Å². The van der Waals surface area contributed by atoms with Crippen LogP contribution < -0.4 is 0 Å². The van der Waals surface area contributed by atoms with Crippen molar-refractivity contribution in [1.82, 2.24) is 9.80 Å². The largest absolute Gasteiger partial charge is 0.379 e. The van der Waals surface area contributed by atoms with Gasteiger partial charge in [0.15, 0.2) is 0 Å². The quantitative estimate of drug-likeness (QED) is 0.620. The molecule has 5 nitrogen and oxygen atoms in total. The van der Waals surface area contributed by atoms with E-state index in [9.17, 15) is 9.59 Å². The van der Waals surface area contributed by atoms with Crippen molar-refractivity contribution in [3.05, 3.63) is 75.7 Å². The maximum atomic E-state index is 13.4. The van der Waals surface area contributed by atoms with Gasteiger partial charge in [0, 0.05) is 31.9 Å². The van der Waals surface area contributed by atoms with E-state index in [-0.39, 0.29) is 11.8 Å². The van der Waals surface area contributed by atoms with Crippen molar-refractivity contribution < 1.29 is 14.3 Å². The summed E-state index contributed by atoms with van der Waals surface area (Å²) in [7, 11) is 0. The van der Waals surface area contributed by atoms with Crippen molar-refractivity contribution in [2.75, 3.05) is 39.4 Å². The first-order valence-electron chi connectivity index (χ1n) is 10.7. The molecule has 0 N–H and O–H groups in total. The predicted octanol–water partition coefficient (Wildman–Crippen LogP) is 3.65. The highest BCUT2D eigenvalue weighted by Crippen LogP contribution is 2.38. The molecule has 0 radical (unpaired) electrons. The molecular weight excluding hydrogens is 408 g/mol. The molecule has 1 fully saturated rings. The molecule has 2 aliphatic heterocycles. The van der Waals surface area contributed by atoms with E-state index in [0.29, 0.717) is 42.5 Å². The Labute approximate surface area is 188 Å². The molecule has 0 bridgehead atoms. The van der Waals surface area contributed by atoms with Crippen LogP contribution in [0, 0.1) is 13.8 Å². The van der Waals surface area contributed by atoms with Gasteiger partial charge in [0.1, 0.15) is 0 Å². The van der Waals surface area contributed by atoms with Crippen molar-refractivity contribution in [1.29, 1.82) is 0 Å². The molecule has 0 atom stereocenters. The number of benzene rings is 2. The molecule has 2 aromatic carbocycles. The van der Waals surface area contributed by atoms with Crippen molar-refractivity contribution in [3.8, 4) is 0 Å². The number of thioether (sulfide) groups is 1. The van der Waals surface area contributed by atoms with E-state index < -0.39 is 0 Å². The molecule has 2 aromatic rings. The Morgan fingerprint density at radius 1 is 0.903 bits per heavy atom. The zero-order chi connectivity index (χ0) is 21.8. The van der Waals surface area contributed by atoms with E-state index in [1.54, 1.807) is 0 Å². The number of hydrogen-bond donors (Lipinski definition) is 0. The zero-order valence-electron chi connectivity index (χ0n) is 18.1. The number of ether oxygens (including phenoxy) is 1. The lowest BCUT2D eigenvalue weighted by atomic mass is 10.0. The number of nitrogens with zero attached hydrogens (tertiary/aromatic N) is 2. The van der Waals surface area contributed by atoms with Crippen LogP contribution in [0.25, 0.3) is 5.57 Å². The second kappa shape index (κ2) is 9.81. The van der Waals surface area contributed by atoms with Gasteiger partial charge in [-0.3, -0.25) is 19.4 Å². The van der Waals surface area contributed by atoms with Crippen LogP contribution in [0.3, 0.4) is 0 Å². The number of morpholine rings is 1. The third-order valence-electron chi connectivity index (χ3n) is 5.89. The Morgan fingerprint density at radius 2 is 1.65 bits per heavy atom. The van der Waals surface area contributed by atoms with Crippen LogP contribution >= 0.6 is 11.8 Å². The van der Waals surface area contributed by atoms with Gasteiger partial charge in [-0.05, 0) is 36.1 Å². The molecule has 1 saturated heterocycles. The fourth-order valence-electron chi connectivity index (χ4n) is 3.84. The van der Waals surface area contributed by atoms with Crippen LogP contribution in [0.15, 0.2) is 53.4 Å². The van der Waals surface area contributed by atoms with Gasteiger partial charge in [-0.1, -0.05) is 48.5 Å². The summed E-state index contributed by atoms with van der Waals surface area (Å²) in [5.74, 6) is 0.297. The Hall–Kier alpha value is -2.41. The summed E-state index contributed by atoms with van der Waals surface area (Å²) in [4.78, 5) is 30.9. The lowest BCUT2D eigenvalue weighted by Crippen LogP contribution is -2.43. The fourth-order valence-corrected chi connectivity index (χ4v) is 4.92. The number of aryl methyl sites for hydroxylation is 2. The first-order valence-corrected chi connectivity index (χ1v) is 11.7. The van der Waals surface area contributed by atoms with E-state index in [4.69, 9.17) is 4.74 Å². The van der Waals surface area contributed by atoms with E-state index in [1.165, 1.54) is 22.2 Å². The Balaban J connectivity index is 1.59. The average molecular weight is 437 g/mol. The van der Waals surface area contributed by atoms with E-state index in [2.05, 4.69) is 11.8 Å². The maximum absolute atomic E-state index is 13.4. The van der Waals surface area contributed by atoms with Crippen molar-refractivity contribution in [2.45, 2.75) is 19.6 Å². The Kier molecular flexibility index (Phi) is 6.90. The highest BCUT2D eigenvalue weighted by molar-refractivity contribution is 8.03. The molecule has 31 heavy (non-hydrogen) atoms. The first-order chi connectivity index (χ1) is 15.0. The molecule has 0 spiro atoms. The predicted molar refractivity (Wildman–Crippen MR) is 125 cm³/mol. The zero-order valence-corrected chi connectivity index (χ0v) is 18.9. The molecule has 4 rings (SSSR count). The molecule has 2 heterocycles. The highest BCUT2D eigenvalue weighted by atomic mass is 32.2. The van der Waals surface area contributed by atoms with Gasteiger partial charge in [0.05, 0.1) is 23.7 Å². The van der Waals surface area contributed by atoms with Crippen LogP contribution in [-0.4, -0.2) is 61.0 Å². The van der Waals surface area contributed by atoms with Gasteiger partial charge in [-0.25, -0.2) is 0 Å². The van der Waals surface area contributed by atoms with Crippen LogP contribution in [0.4, 0.5) is 0 Å². The minimum Gasteiger partial charge on any atom is -0.379 e. The van der Waals surface area contributed by atoms with Crippen LogP contribution in [0.1, 0.15) is 22.3 Å². The fraction of sp³-hybridized carbons (Fsp3) is 0.360. The van der Waals surface area contributed by atoms with Gasteiger partial charge in [0.25, 0.3) is 11.8 Å². The lowest BCUT2D eigenvalue weighted by molar-refractivity contribution is -0.136. The summed E-state index contributed by atoms with van der Waals surface area (Å²) in [5, 5.41) is 0. The van der Waals surface area contributed by atoms with Crippen molar-refractivity contribution in [3.63, 3.8) is 0 Å². The molecule has 2 amide bonds. The third kappa shape index (κ3) is 4.92. The summed E-state index contributed by atoms with van der Waals surface area (Å²) in [5.41, 5.74) is 4.78. The van der Waals surface area contributed by atoms with Crippen LogP contribution in [0.5, 0.6) is 0 Å². The molecule has 0 aliphatic carbocycles. The summed E-state index contributed by atoms with van der Waals surface area (Å²) in [6.45, 7) is 8.24. The van der Waals surface area contributed by atoms with Gasteiger partial charge < -0.3 is 4.74 Å². The number of imide groups is 1. The van der Waals surface area contributed by atoms with Gasteiger partial charge in [-0.15, -0.1) is 11.8 Å². The monoisotopic (exact) mass is 436 g/mol. The van der Waals surface area contributed by atoms with Crippen LogP contribution in [0.2, 0.25) is 0 Å². The van der Waals surface area contributed by atoms with Gasteiger partial charge in [-0.2, -0.15) is 0 Å². The summed E-state index contributed by atoms with van der Waals surface area (Å²) in [6.07, 6.45) is 0. The summed E-state index contributed by atoms with van der Waals surface area (Å²) in [6, 6.07) is 16.0. The van der Waals surface area contributed by atoms with Crippen LogP contribution in [-0.2, 0) is 20.1 Å². The topological polar surface area (TPSA) is 49.9 Å². The maximum Gasteiger partial charge on any atom is 0.268 e. The molecule has 6 heteroatoms. The normalized spacial score (nSPS) is 17.7. The number of amides is 2. The molecule has 162 valence electrons. The molecular formula is C25H28N2O3S. The van der Waals surface area contributed by atoms with Gasteiger partial charge in [0.2, 0.25) is 0 Å². The average Bonchev–Trinajstić information content (AvgIpc) is 3.03. The second-order valence-electron chi connectivity index (χ2n) is 7.99. The molecule has 2 aliphatic rings. The number of carbonyl (C=O) groups excluding carboxylic acids is 2. The van der Waals surface area contributed by atoms with Gasteiger partial charge >= 0.3 is 0 Å². The van der Waals surface area contributed by atoms with Crippen molar-refractivity contribution >= 4 is 29.1 Å². The Bertz CT molecular complexity index is 997. The molecule has 0 unspecified atom stereocenters. The van der Waals surface area contributed by atoms with E-state index >= 15 is 0 Å². The van der Waals surface area contributed by atoms with E-state index in [0.717, 1.165) is 29.8 Å². The minimum atomic E-state index is -0.183. The lowest BCUT2D eigenvalue weighted by Gasteiger charge is -2.28. The molecule has 0 aromatic heterocycles. The highest BCUT2D eigenvalue weighted by Gasteiger charge is 2.39. The SMILES string of the molecule is Cc1ccc(C2=C(SCc3ccccc3)C(=O)N(CCN3CCOCC3)C2=O)cc1C. The first kappa shape index (κ1) is 21.8. The number of hydrogen-bond acceptors (Lipinski definition) is 5.